The zero-order valence-electron chi connectivity index (χ0n) is 20.3. The van der Waals surface area contributed by atoms with E-state index in [2.05, 4.69) is 10.3 Å². The monoisotopic (exact) mass is 533 g/mol. The Morgan fingerprint density at radius 1 is 0.816 bits per heavy atom. The average Bonchev–Trinajstić information content (AvgIpc) is 3.73. The molecule has 3 aromatic carbocycles. The summed E-state index contributed by atoms with van der Waals surface area (Å²) in [6, 6.07) is 21.0. The summed E-state index contributed by atoms with van der Waals surface area (Å²) in [7, 11) is -3.98. The molecule has 5 rings (SSSR count). The van der Waals surface area contributed by atoms with Crippen LogP contribution in [0.4, 0.5) is 14.5 Å². The molecular weight excluding hydrogens is 508 g/mol. The first-order chi connectivity index (χ1) is 18.3. The van der Waals surface area contributed by atoms with Gasteiger partial charge < -0.3 is 5.32 Å². The summed E-state index contributed by atoms with van der Waals surface area (Å²) >= 11 is 0. The van der Waals surface area contributed by atoms with E-state index in [4.69, 9.17) is 0 Å². The van der Waals surface area contributed by atoms with Crippen LogP contribution in [0, 0.1) is 17.6 Å². The standard InChI is InChI=1S/C29H25F2N3O3S/c30-23-5-1-20(2-6-23)18-34(19-21-3-7-24(31)8-4-21)38(36,37)26-11-9-25(10-12-26)33-29(35)28-17-27(28)22-13-15-32-16-14-22/h1-16,27-28H,17-19H2,(H,33,35). The smallest absolute Gasteiger partial charge is 0.243 e. The molecule has 1 amide bonds. The largest absolute Gasteiger partial charge is 0.326 e. The fourth-order valence-corrected chi connectivity index (χ4v) is 5.79. The van der Waals surface area contributed by atoms with Crippen LogP contribution in [0.5, 0.6) is 0 Å². The first-order valence-corrected chi connectivity index (χ1v) is 13.5. The minimum atomic E-state index is -3.98. The molecule has 0 spiro atoms. The zero-order chi connectivity index (χ0) is 26.7. The van der Waals surface area contributed by atoms with Gasteiger partial charge in [0.2, 0.25) is 15.9 Å². The SMILES string of the molecule is O=C(Nc1ccc(S(=O)(=O)N(Cc2ccc(F)cc2)Cc2ccc(F)cc2)cc1)C1CC1c1ccncc1. The van der Waals surface area contributed by atoms with Gasteiger partial charge >= 0.3 is 0 Å². The van der Waals surface area contributed by atoms with Crippen LogP contribution in [-0.2, 0) is 27.9 Å². The van der Waals surface area contributed by atoms with Gasteiger partial charge in [-0.3, -0.25) is 9.78 Å². The Hall–Kier alpha value is -3.95. The van der Waals surface area contributed by atoms with Crippen molar-refractivity contribution in [2.45, 2.75) is 30.3 Å². The van der Waals surface area contributed by atoms with Crippen molar-refractivity contribution in [2.75, 3.05) is 5.32 Å². The molecule has 0 saturated heterocycles. The van der Waals surface area contributed by atoms with E-state index in [0.717, 1.165) is 12.0 Å². The summed E-state index contributed by atoms with van der Waals surface area (Å²) in [6.07, 6.45) is 4.17. The quantitative estimate of drug-likeness (QED) is 0.309. The van der Waals surface area contributed by atoms with Crippen molar-refractivity contribution in [1.82, 2.24) is 9.29 Å². The van der Waals surface area contributed by atoms with E-state index in [1.165, 1.54) is 65.0 Å². The number of sulfonamides is 1. The fraction of sp³-hybridized carbons (Fsp3) is 0.172. The predicted molar refractivity (Wildman–Crippen MR) is 139 cm³/mol. The third-order valence-corrected chi connectivity index (χ3v) is 8.37. The second kappa shape index (κ2) is 10.8. The normalized spacial score (nSPS) is 16.8. The molecule has 1 heterocycles. The number of hydrogen-bond donors (Lipinski definition) is 1. The fourth-order valence-electron chi connectivity index (χ4n) is 4.37. The number of carbonyl (C=O) groups excluding carboxylic acids is 1. The highest BCUT2D eigenvalue weighted by molar-refractivity contribution is 7.89. The van der Waals surface area contributed by atoms with Gasteiger partial charge in [-0.15, -0.1) is 0 Å². The van der Waals surface area contributed by atoms with Crippen LogP contribution < -0.4 is 5.32 Å². The lowest BCUT2D eigenvalue weighted by molar-refractivity contribution is -0.117. The lowest BCUT2D eigenvalue weighted by atomic mass is 10.1. The number of pyridine rings is 1. The molecule has 1 N–H and O–H groups in total. The third kappa shape index (κ3) is 5.95. The Labute approximate surface area is 220 Å². The summed E-state index contributed by atoms with van der Waals surface area (Å²) in [5, 5.41) is 2.87. The maximum atomic E-state index is 13.6. The number of carbonyl (C=O) groups is 1. The number of halogens is 2. The van der Waals surface area contributed by atoms with Gasteiger partial charge in [-0.25, -0.2) is 17.2 Å². The number of benzene rings is 3. The molecule has 38 heavy (non-hydrogen) atoms. The highest BCUT2D eigenvalue weighted by atomic mass is 32.2. The van der Waals surface area contributed by atoms with E-state index in [-0.39, 0.29) is 35.7 Å². The molecule has 1 aliphatic rings. The number of anilines is 1. The molecule has 1 aliphatic carbocycles. The maximum absolute atomic E-state index is 13.6. The van der Waals surface area contributed by atoms with Crippen molar-refractivity contribution in [3.05, 3.63) is 126 Å². The van der Waals surface area contributed by atoms with Gasteiger partial charge in [0.05, 0.1) is 4.90 Å². The summed E-state index contributed by atoms with van der Waals surface area (Å²) in [6.45, 7) is -0.00684. The minimum Gasteiger partial charge on any atom is -0.326 e. The van der Waals surface area contributed by atoms with E-state index in [9.17, 15) is 22.0 Å². The molecular formula is C29H25F2N3O3S. The van der Waals surface area contributed by atoms with E-state index < -0.39 is 21.7 Å². The van der Waals surface area contributed by atoms with Gasteiger partial charge in [-0.2, -0.15) is 4.31 Å². The van der Waals surface area contributed by atoms with Crippen LogP contribution in [0.15, 0.2) is 102 Å². The number of nitrogens with zero attached hydrogens (tertiary/aromatic N) is 2. The van der Waals surface area contributed by atoms with E-state index in [0.29, 0.717) is 16.8 Å². The number of aromatic nitrogens is 1. The van der Waals surface area contributed by atoms with Gasteiger partial charge in [0.1, 0.15) is 11.6 Å². The Morgan fingerprint density at radius 2 is 1.34 bits per heavy atom. The summed E-state index contributed by atoms with van der Waals surface area (Å²) in [5.74, 6) is -0.932. The van der Waals surface area contributed by atoms with Crippen LogP contribution >= 0.6 is 0 Å². The van der Waals surface area contributed by atoms with Gasteiger partial charge in [0, 0.05) is 37.1 Å². The molecule has 1 saturated carbocycles. The number of nitrogens with one attached hydrogen (secondary N) is 1. The van der Waals surface area contributed by atoms with Crippen molar-refractivity contribution < 1.29 is 22.0 Å². The molecule has 194 valence electrons. The summed E-state index contributed by atoms with van der Waals surface area (Å²) in [4.78, 5) is 16.7. The van der Waals surface area contributed by atoms with Crippen LogP contribution in [0.1, 0.15) is 29.0 Å². The lowest BCUT2D eigenvalue weighted by Crippen LogP contribution is -2.30. The van der Waals surface area contributed by atoms with E-state index in [1.807, 2.05) is 12.1 Å². The molecule has 1 aromatic heterocycles. The second-order valence-electron chi connectivity index (χ2n) is 9.27. The zero-order valence-corrected chi connectivity index (χ0v) is 21.1. The molecule has 1 fully saturated rings. The maximum Gasteiger partial charge on any atom is 0.243 e. The van der Waals surface area contributed by atoms with Crippen molar-refractivity contribution in [2.24, 2.45) is 5.92 Å². The van der Waals surface area contributed by atoms with Crippen molar-refractivity contribution in [3.63, 3.8) is 0 Å². The third-order valence-electron chi connectivity index (χ3n) is 6.57. The van der Waals surface area contributed by atoms with Crippen LogP contribution in [-0.4, -0.2) is 23.6 Å². The first kappa shape index (κ1) is 25.7. The predicted octanol–water partition coefficient (Wildman–Crippen LogP) is 5.49. The van der Waals surface area contributed by atoms with Gasteiger partial charge in [-0.1, -0.05) is 24.3 Å². The highest BCUT2D eigenvalue weighted by Crippen LogP contribution is 2.47. The van der Waals surface area contributed by atoms with Gasteiger partial charge in [-0.05, 0) is 89.7 Å². The lowest BCUT2D eigenvalue weighted by Gasteiger charge is -2.23. The van der Waals surface area contributed by atoms with Crippen molar-refractivity contribution in [1.29, 1.82) is 0 Å². The first-order valence-electron chi connectivity index (χ1n) is 12.1. The Morgan fingerprint density at radius 3 is 1.87 bits per heavy atom. The van der Waals surface area contributed by atoms with Crippen molar-refractivity contribution in [3.8, 4) is 0 Å². The summed E-state index contributed by atoms with van der Waals surface area (Å²) in [5.41, 5.74) is 2.78. The summed E-state index contributed by atoms with van der Waals surface area (Å²) < 4.78 is 55.3. The Kier molecular flexibility index (Phi) is 7.31. The van der Waals surface area contributed by atoms with Crippen LogP contribution in [0.2, 0.25) is 0 Å². The van der Waals surface area contributed by atoms with E-state index >= 15 is 0 Å². The number of amides is 1. The highest BCUT2D eigenvalue weighted by Gasteiger charge is 2.43. The average molecular weight is 534 g/mol. The molecule has 9 heteroatoms. The molecule has 2 atom stereocenters. The minimum absolute atomic E-state index is 0.00342. The molecule has 6 nitrogen and oxygen atoms in total. The van der Waals surface area contributed by atoms with E-state index in [1.54, 1.807) is 24.5 Å². The molecule has 0 bridgehead atoms. The van der Waals surface area contributed by atoms with Crippen LogP contribution in [0.3, 0.4) is 0 Å². The molecule has 4 aromatic rings. The number of hydrogen-bond acceptors (Lipinski definition) is 4. The number of rotatable bonds is 9. The van der Waals surface area contributed by atoms with Crippen LogP contribution in [0.25, 0.3) is 0 Å². The molecule has 0 aliphatic heterocycles. The Balaban J connectivity index is 1.31. The second-order valence-corrected chi connectivity index (χ2v) is 11.2. The van der Waals surface area contributed by atoms with Crippen molar-refractivity contribution >= 4 is 21.6 Å². The van der Waals surface area contributed by atoms with Gasteiger partial charge in [0.25, 0.3) is 0 Å². The Bertz CT molecular complexity index is 1470. The van der Waals surface area contributed by atoms with Gasteiger partial charge in [0.15, 0.2) is 0 Å². The molecule has 0 radical (unpaired) electrons. The topological polar surface area (TPSA) is 79.4 Å². The molecule has 2 unspecified atom stereocenters.